The van der Waals surface area contributed by atoms with Crippen LogP contribution in [0.3, 0.4) is 0 Å². The number of hydrogen-bond donors (Lipinski definition) is 1. The van der Waals surface area contributed by atoms with E-state index in [1.54, 1.807) is 28.4 Å². The molecule has 0 unspecified atom stereocenters. The van der Waals surface area contributed by atoms with Gasteiger partial charge in [0.2, 0.25) is 5.79 Å². The van der Waals surface area contributed by atoms with Crippen molar-refractivity contribution in [3.63, 3.8) is 0 Å². The third-order valence-corrected chi connectivity index (χ3v) is 7.93. The van der Waals surface area contributed by atoms with Gasteiger partial charge in [-0.1, -0.05) is 6.07 Å². The van der Waals surface area contributed by atoms with Crippen molar-refractivity contribution in [2.24, 2.45) is 0 Å². The first kappa shape index (κ1) is 18.6. The molecule has 154 valence electrons. The summed E-state index contributed by atoms with van der Waals surface area (Å²) in [6.45, 7) is 0.879. The van der Waals surface area contributed by atoms with Gasteiger partial charge in [-0.25, -0.2) is 0 Å². The number of aliphatic hydroxyl groups is 1. The molecule has 2 aliphatic carbocycles. The van der Waals surface area contributed by atoms with E-state index in [1.165, 1.54) is 0 Å². The fourth-order valence-corrected chi connectivity index (χ4v) is 7.08. The molecule has 7 nitrogen and oxygen atoms in total. The van der Waals surface area contributed by atoms with Crippen LogP contribution in [0.5, 0.6) is 11.5 Å². The van der Waals surface area contributed by atoms with E-state index in [0.29, 0.717) is 12.2 Å². The Hall–Kier alpha value is -1.38. The molecule has 5 rings (SSSR count). The lowest BCUT2D eigenvalue weighted by Gasteiger charge is -2.61. The summed E-state index contributed by atoms with van der Waals surface area (Å²) in [7, 11) is 8.75. The number of nitrogens with zero attached hydrogens (tertiary/aromatic N) is 1. The number of hydrogen-bond acceptors (Lipinski definition) is 7. The highest BCUT2D eigenvalue weighted by molar-refractivity contribution is 5.61. The van der Waals surface area contributed by atoms with Gasteiger partial charge in [0.05, 0.1) is 32.0 Å². The molecule has 1 saturated carbocycles. The van der Waals surface area contributed by atoms with Crippen molar-refractivity contribution in [3.8, 4) is 11.5 Å². The summed E-state index contributed by atoms with van der Waals surface area (Å²) in [6.07, 6.45) is 0.796. The van der Waals surface area contributed by atoms with Crippen molar-refractivity contribution in [1.29, 1.82) is 0 Å². The summed E-state index contributed by atoms with van der Waals surface area (Å²) in [5.74, 6) is 0.378. The molecule has 3 fully saturated rings. The van der Waals surface area contributed by atoms with E-state index >= 15 is 0 Å². The Morgan fingerprint density at radius 2 is 1.93 bits per heavy atom. The van der Waals surface area contributed by atoms with Gasteiger partial charge in [-0.05, 0) is 38.1 Å². The Morgan fingerprint density at radius 3 is 2.57 bits per heavy atom. The molecule has 1 spiro atoms. The summed E-state index contributed by atoms with van der Waals surface area (Å²) >= 11 is 0. The van der Waals surface area contributed by atoms with Gasteiger partial charge in [0.15, 0.2) is 11.5 Å². The zero-order valence-electron chi connectivity index (χ0n) is 17.2. The maximum absolute atomic E-state index is 11.2. The van der Waals surface area contributed by atoms with Crippen molar-refractivity contribution in [3.05, 3.63) is 23.3 Å². The van der Waals surface area contributed by atoms with Crippen LogP contribution in [0.1, 0.15) is 36.5 Å². The summed E-state index contributed by atoms with van der Waals surface area (Å²) in [4.78, 5) is 2.36. The van der Waals surface area contributed by atoms with Crippen LogP contribution in [0, 0.1) is 0 Å². The van der Waals surface area contributed by atoms with Crippen LogP contribution in [0.4, 0.5) is 0 Å². The van der Waals surface area contributed by atoms with E-state index in [2.05, 4.69) is 18.0 Å². The molecule has 2 heterocycles. The van der Waals surface area contributed by atoms with E-state index in [1.807, 2.05) is 6.07 Å². The first-order valence-corrected chi connectivity index (χ1v) is 9.86. The van der Waals surface area contributed by atoms with E-state index in [9.17, 15) is 5.11 Å². The molecule has 0 aromatic heterocycles. The van der Waals surface area contributed by atoms with Gasteiger partial charge in [0, 0.05) is 31.6 Å². The van der Waals surface area contributed by atoms with Crippen molar-refractivity contribution in [2.75, 3.05) is 42.0 Å². The molecule has 2 aliphatic heterocycles. The van der Waals surface area contributed by atoms with Gasteiger partial charge in [-0.15, -0.1) is 0 Å². The number of likely N-dealkylation sites (tertiary alicyclic amines) is 1. The highest BCUT2D eigenvalue weighted by Crippen LogP contribution is 2.73. The van der Waals surface area contributed by atoms with Gasteiger partial charge in [-0.2, -0.15) is 0 Å². The molecular formula is C21H29NO6. The Kier molecular flexibility index (Phi) is 3.88. The maximum atomic E-state index is 11.2. The third kappa shape index (κ3) is 1.71. The molecule has 1 aromatic rings. The molecule has 2 saturated heterocycles. The molecule has 1 aromatic carbocycles. The van der Waals surface area contributed by atoms with Crippen LogP contribution in [-0.4, -0.2) is 75.6 Å². The van der Waals surface area contributed by atoms with E-state index in [-0.39, 0.29) is 11.5 Å². The van der Waals surface area contributed by atoms with E-state index in [4.69, 9.17) is 23.7 Å². The smallest absolute Gasteiger partial charge is 0.217 e. The van der Waals surface area contributed by atoms with Crippen LogP contribution in [-0.2, 0) is 19.6 Å². The normalized spacial score (nSPS) is 43.6. The minimum Gasteiger partial charge on any atom is -0.493 e. The van der Waals surface area contributed by atoms with E-state index in [0.717, 1.165) is 36.3 Å². The zero-order valence-corrected chi connectivity index (χ0v) is 17.2. The number of aliphatic hydroxyl groups excluding tert-OH is 1. The summed E-state index contributed by atoms with van der Waals surface area (Å²) in [5, 5.41) is 11.2. The number of likely N-dealkylation sites (N-methyl/N-ethyl adjacent to an activating group) is 1. The lowest BCUT2D eigenvalue weighted by molar-refractivity contribution is -0.339. The quantitative estimate of drug-likeness (QED) is 0.836. The fraction of sp³-hybridized carbons (Fsp3) is 0.714. The van der Waals surface area contributed by atoms with Crippen LogP contribution >= 0.6 is 0 Å². The summed E-state index contributed by atoms with van der Waals surface area (Å²) in [5.41, 5.74) is 1.37. The fourth-order valence-electron chi connectivity index (χ4n) is 7.08. The molecular weight excluding hydrogens is 362 g/mol. The third-order valence-electron chi connectivity index (χ3n) is 7.93. The summed E-state index contributed by atoms with van der Waals surface area (Å²) < 4.78 is 30.2. The molecule has 1 N–H and O–H groups in total. The molecule has 2 bridgehead atoms. The standard InChI is InChI=1S/C21H29NO6/c1-22-9-8-19-10-13(23)18(26-4)21(27-5)20(19,22)11-15(28-21)12-6-7-14(24-2)17(25-3)16(12)19/h6-7,13,15,18,23H,8-11H2,1-5H3/t13-,15-,18+,19-,20-,21-/m0/s1. The largest absolute Gasteiger partial charge is 0.493 e. The van der Waals surface area contributed by atoms with Crippen LogP contribution in [0.2, 0.25) is 0 Å². The second kappa shape index (κ2) is 5.83. The minimum absolute atomic E-state index is 0.161. The maximum Gasteiger partial charge on any atom is 0.217 e. The van der Waals surface area contributed by atoms with Crippen LogP contribution in [0.15, 0.2) is 12.1 Å². The molecule has 4 aliphatic rings. The number of ether oxygens (including phenoxy) is 5. The first-order valence-electron chi connectivity index (χ1n) is 9.86. The Morgan fingerprint density at radius 1 is 1.14 bits per heavy atom. The highest BCUT2D eigenvalue weighted by atomic mass is 16.7. The second-order valence-corrected chi connectivity index (χ2v) is 8.49. The number of methoxy groups -OCH3 is 4. The topological polar surface area (TPSA) is 69.6 Å². The Balaban J connectivity index is 1.88. The Labute approximate surface area is 165 Å². The van der Waals surface area contributed by atoms with Gasteiger partial charge >= 0.3 is 0 Å². The SMILES string of the molecule is COc1ccc2c(c1OC)[C@@]13CCN(C)[C@@]14C[C@@H]2O[C@@]4(OC)[C@H](OC)[C@@H](O)C3. The first-order chi connectivity index (χ1) is 13.5. The van der Waals surface area contributed by atoms with Crippen molar-refractivity contribution >= 4 is 0 Å². The van der Waals surface area contributed by atoms with Crippen molar-refractivity contribution in [1.82, 2.24) is 4.90 Å². The lowest BCUT2D eigenvalue weighted by atomic mass is 9.50. The molecule has 6 atom stereocenters. The van der Waals surface area contributed by atoms with E-state index < -0.39 is 23.5 Å². The molecule has 28 heavy (non-hydrogen) atoms. The number of benzene rings is 1. The van der Waals surface area contributed by atoms with Crippen molar-refractivity contribution in [2.45, 2.75) is 54.3 Å². The summed E-state index contributed by atoms with van der Waals surface area (Å²) in [6, 6.07) is 4.02. The highest BCUT2D eigenvalue weighted by Gasteiger charge is 2.82. The van der Waals surface area contributed by atoms with Gasteiger partial charge < -0.3 is 28.8 Å². The van der Waals surface area contributed by atoms with Crippen LogP contribution in [0.25, 0.3) is 0 Å². The number of fused-ring (bicyclic) bond motifs is 3. The number of rotatable bonds is 4. The molecule has 7 heteroatoms. The zero-order chi connectivity index (χ0) is 19.9. The molecule has 0 amide bonds. The Bertz CT molecular complexity index is 816. The predicted molar refractivity (Wildman–Crippen MR) is 101 cm³/mol. The van der Waals surface area contributed by atoms with Gasteiger partial charge in [-0.3, -0.25) is 4.90 Å². The van der Waals surface area contributed by atoms with Gasteiger partial charge in [0.25, 0.3) is 0 Å². The minimum atomic E-state index is -1.06. The van der Waals surface area contributed by atoms with Gasteiger partial charge in [0.1, 0.15) is 6.10 Å². The second-order valence-electron chi connectivity index (χ2n) is 8.49. The average molecular weight is 391 g/mol. The monoisotopic (exact) mass is 391 g/mol. The molecule has 0 radical (unpaired) electrons. The predicted octanol–water partition coefficient (Wildman–Crippen LogP) is 1.61. The average Bonchev–Trinajstić information content (AvgIpc) is 3.20. The van der Waals surface area contributed by atoms with Crippen LogP contribution < -0.4 is 9.47 Å². The van der Waals surface area contributed by atoms with Crippen molar-refractivity contribution < 1.29 is 28.8 Å². The lowest BCUT2D eigenvalue weighted by Crippen LogP contribution is -2.77.